The fourth-order valence-corrected chi connectivity index (χ4v) is 5.34. The Balaban J connectivity index is 0.00000241. The quantitative estimate of drug-likeness (QED) is 0.320. The minimum Gasteiger partial charge on any atom is -1.00 e. The molecule has 38 heavy (non-hydrogen) atoms. The Labute approximate surface area is 261 Å². The van der Waals surface area contributed by atoms with E-state index in [2.05, 4.69) is 76.2 Å². The summed E-state index contributed by atoms with van der Waals surface area (Å²) in [7, 11) is 0. The first kappa shape index (κ1) is 34.9. The van der Waals surface area contributed by atoms with Crippen LogP contribution in [0.2, 0.25) is 0 Å². The monoisotopic (exact) mass is 690 g/mol. The molecule has 0 radical (unpaired) electrons. The first-order valence-electron chi connectivity index (χ1n) is 13.8. The number of rotatable bonds is 12. The van der Waals surface area contributed by atoms with Gasteiger partial charge in [-0.2, -0.15) is 0 Å². The van der Waals surface area contributed by atoms with Crippen LogP contribution in [0, 0.1) is 0 Å². The maximum Gasteiger partial charge on any atom is 2.00 e. The molecule has 2 aromatic rings. The molecule has 0 saturated carbocycles. The van der Waals surface area contributed by atoms with Crippen LogP contribution in [-0.2, 0) is 38.8 Å². The number of benzene rings is 2. The maximum absolute atomic E-state index is 6.41. The van der Waals surface area contributed by atoms with E-state index in [0.717, 1.165) is 63.2 Å². The van der Waals surface area contributed by atoms with E-state index in [-0.39, 0.29) is 74.7 Å². The first-order valence-corrected chi connectivity index (χ1v) is 13.8. The van der Waals surface area contributed by atoms with Crippen LogP contribution in [0.15, 0.2) is 58.5 Å². The third-order valence-electron chi connectivity index (χ3n) is 6.96. The Kier molecular flexibility index (Phi) is 16.1. The number of hydrogen-bond acceptors (Lipinski definition) is 4. The zero-order valence-corrected chi connectivity index (χ0v) is 27.2. The number of hydrogen-bond donors (Lipinski definition) is 0. The van der Waals surface area contributed by atoms with Crippen molar-refractivity contribution >= 4 is 11.8 Å². The standard InChI is InChI=1S/C31H42N2O2.2BrH.Ni/c1-5-11-22-15-9-17-24(19-22)30-26(13-7-3)34-28(32-30)21-29-33-31(27(35-29)14-8-4)25-18-10-16-23(20-25)12-6-2;;;/h9-10,15-20,26-27,30-31H,5-8,11-14,21H2,1-4H3;2*1H;/q;;;+2/p-2/t26?,27?,30-,31-;;;/m1.../s1. The molecule has 4 rings (SSSR count). The molecule has 0 aromatic heterocycles. The molecule has 0 amide bonds. The number of aliphatic imine (C=N–C) groups is 2. The Morgan fingerprint density at radius 1 is 0.632 bits per heavy atom. The molecule has 0 saturated heterocycles. The maximum atomic E-state index is 6.41. The van der Waals surface area contributed by atoms with Crippen LogP contribution in [0.5, 0.6) is 0 Å². The van der Waals surface area contributed by atoms with E-state index in [1.807, 2.05) is 0 Å². The van der Waals surface area contributed by atoms with Crippen molar-refractivity contribution < 1.29 is 59.9 Å². The van der Waals surface area contributed by atoms with Gasteiger partial charge in [0, 0.05) is 0 Å². The molecule has 2 heterocycles. The van der Waals surface area contributed by atoms with Gasteiger partial charge in [-0.1, -0.05) is 102 Å². The molecule has 7 heteroatoms. The van der Waals surface area contributed by atoms with Crippen molar-refractivity contribution in [2.45, 2.75) is 110 Å². The average Bonchev–Trinajstić information content (AvgIpc) is 3.44. The summed E-state index contributed by atoms with van der Waals surface area (Å²) in [6.45, 7) is 8.87. The van der Waals surface area contributed by atoms with Gasteiger partial charge in [0.25, 0.3) is 0 Å². The van der Waals surface area contributed by atoms with Crippen molar-refractivity contribution in [3.8, 4) is 0 Å². The molecule has 4 atom stereocenters. The predicted molar refractivity (Wildman–Crippen MR) is 145 cm³/mol. The van der Waals surface area contributed by atoms with Gasteiger partial charge in [0.1, 0.15) is 24.3 Å². The number of halogens is 2. The van der Waals surface area contributed by atoms with Crippen LogP contribution < -0.4 is 34.0 Å². The van der Waals surface area contributed by atoms with Crippen molar-refractivity contribution in [3.63, 3.8) is 0 Å². The second-order valence-electron chi connectivity index (χ2n) is 9.99. The Bertz CT molecular complexity index is 965. The van der Waals surface area contributed by atoms with Gasteiger partial charge >= 0.3 is 16.5 Å². The van der Waals surface area contributed by atoms with E-state index in [0.29, 0.717) is 6.42 Å². The Hall–Kier alpha value is -1.17. The fourth-order valence-electron chi connectivity index (χ4n) is 5.34. The van der Waals surface area contributed by atoms with Gasteiger partial charge in [0.2, 0.25) is 0 Å². The van der Waals surface area contributed by atoms with Crippen LogP contribution >= 0.6 is 0 Å². The fraction of sp³-hybridized carbons (Fsp3) is 0.548. The van der Waals surface area contributed by atoms with Gasteiger partial charge < -0.3 is 43.4 Å². The summed E-state index contributed by atoms with van der Waals surface area (Å²) in [5.74, 6) is 1.53. The molecule has 0 aliphatic carbocycles. The van der Waals surface area contributed by atoms with Crippen LogP contribution in [-0.4, -0.2) is 24.0 Å². The van der Waals surface area contributed by atoms with Crippen molar-refractivity contribution in [3.05, 3.63) is 70.8 Å². The molecule has 4 nitrogen and oxygen atoms in total. The summed E-state index contributed by atoms with van der Waals surface area (Å²) in [5.41, 5.74) is 5.27. The van der Waals surface area contributed by atoms with Gasteiger partial charge in [-0.05, 0) is 47.9 Å². The topological polar surface area (TPSA) is 43.2 Å². The molecule has 0 N–H and O–H groups in total. The second-order valence-corrected chi connectivity index (χ2v) is 9.99. The van der Waals surface area contributed by atoms with Crippen molar-refractivity contribution in [1.82, 2.24) is 0 Å². The van der Waals surface area contributed by atoms with Gasteiger partial charge in [0.15, 0.2) is 11.8 Å². The predicted octanol–water partition coefficient (Wildman–Crippen LogP) is 1.96. The molecule has 212 valence electrons. The van der Waals surface area contributed by atoms with Crippen LogP contribution in [0.25, 0.3) is 0 Å². The van der Waals surface area contributed by atoms with Crippen molar-refractivity contribution in [1.29, 1.82) is 0 Å². The molecule has 0 spiro atoms. The minimum atomic E-state index is 0. The minimum absolute atomic E-state index is 0. The van der Waals surface area contributed by atoms with E-state index in [4.69, 9.17) is 19.5 Å². The summed E-state index contributed by atoms with van der Waals surface area (Å²) < 4.78 is 12.8. The van der Waals surface area contributed by atoms with Crippen LogP contribution in [0.3, 0.4) is 0 Å². The summed E-state index contributed by atoms with van der Waals surface area (Å²) >= 11 is 0. The number of nitrogens with zero attached hydrogens (tertiary/aromatic N) is 2. The zero-order chi connectivity index (χ0) is 24.6. The van der Waals surface area contributed by atoms with Gasteiger partial charge in [0.05, 0.1) is 6.42 Å². The van der Waals surface area contributed by atoms with Crippen molar-refractivity contribution in [2.24, 2.45) is 9.98 Å². The average molecular weight is 693 g/mol. The summed E-state index contributed by atoms with van der Waals surface area (Å²) in [4.78, 5) is 10.1. The molecule has 2 unspecified atom stereocenters. The molecule has 0 bridgehead atoms. The second kappa shape index (κ2) is 17.5. The number of ether oxygens (including phenoxy) is 2. The summed E-state index contributed by atoms with van der Waals surface area (Å²) in [6, 6.07) is 17.9. The third-order valence-corrected chi connectivity index (χ3v) is 6.96. The van der Waals surface area contributed by atoms with E-state index in [1.54, 1.807) is 0 Å². The third kappa shape index (κ3) is 8.93. The molecular weight excluding hydrogens is 651 g/mol. The van der Waals surface area contributed by atoms with Crippen LogP contribution in [0.4, 0.5) is 0 Å². The zero-order valence-electron chi connectivity index (χ0n) is 23.1. The molecule has 2 aliphatic heterocycles. The van der Waals surface area contributed by atoms with Crippen LogP contribution in [0.1, 0.15) is 107 Å². The normalized spacial score (nSPS) is 21.7. The number of aryl methyl sites for hydroxylation is 2. The van der Waals surface area contributed by atoms with E-state index in [9.17, 15) is 0 Å². The van der Waals surface area contributed by atoms with Gasteiger partial charge in [-0.3, -0.25) is 0 Å². The SMILES string of the molecule is CCCc1cccc([C@H]2N=C(CC3=N[C@H](c4cccc(CCC)c4)C(CCC)O3)OC2CCC)c1.[Br-].[Br-].[Ni+2]. The van der Waals surface area contributed by atoms with E-state index in [1.165, 1.54) is 22.3 Å². The summed E-state index contributed by atoms with van der Waals surface area (Å²) in [5, 5.41) is 0. The van der Waals surface area contributed by atoms with E-state index >= 15 is 0 Å². The molecular formula is C31H42Br2N2NiO2. The largest absolute Gasteiger partial charge is 2.00 e. The van der Waals surface area contributed by atoms with E-state index < -0.39 is 0 Å². The summed E-state index contributed by atoms with van der Waals surface area (Å²) in [6.07, 6.45) is 9.34. The smallest absolute Gasteiger partial charge is 1.00 e. The van der Waals surface area contributed by atoms with Gasteiger partial charge in [-0.15, -0.1) is 0 Å². The Morgan fingerprint density at radius 2 is 1.05 bits per heavy atom. The molecule has 2 aliphatic rings. The van der Waals surface area contributed by atoms with Gasteiger partial charge in [-0.25, -0.2) is 9.98 Å². The first-order chi connectivity index (χ1) is 17.1. The Morgan fingerprint density at radius 3 is 1.42 bits per heavy atom. The molecule has 2 aromatic carbocycles. The molecule has 0 fully saturated rings. The van der Waals surface area contributed by atoms with Crippen molar-refractivity contribution in [2.75, 3.05) is 0 Å².